The van der Waals surface area contributed by atoms with E-state index >= 15 is 0 Å². The maximum Gasteiger partial charge on any atom is 0.203 e. The van der Waals surface area contributed by atoms with E-state index in [-0.39, 0.29) is 0 Å². The lowest BCUT2D eigenvalue weighted by molar-refractivity contribution is 1.29. The molecule has 0 atom stereocenters. The Kier molecular flexibility index (Phi) is 5.07. The van der Waals surface area contributed by atoms with Crippen LogP contribution >= 0.6 is 45.5 Å². The molecule has 0 aliphatic rings. The van der Waals surface area contributed by atoms with Crippen LogP contribution in [0.1, 0.15) is 5.56 Å². The van der Waals surface area contributed by atoms with Gasteiger partial charge in [0, 0.05) is 14.5 Å². The summed E-state index contributed by atoms with van der Waals surface area (Å²) < 4.78 is 1.02. The largest absolute Gasteiger partial charge is 0.253 e. The first kappa shape index (κ1) is 15.5. The molecule has 0 unspecified atom stereocenters. The highest BCUT2D eigenvalue weighted by molar-refractivity contribution is 14.1. The van der Waals surface area contributed by atoms with Crippen molar-refractivity contribution in [3.63, 3.8) is 0 Å². The van der Waals surface area contributed by atoms with Gasteiger partial charge in [-0.3, -0.25) is 5.43 Å². The monoisotopic (exact) mass is 439 g/mol. The lowest BCUT2D eigenvalue weighted by atomic mass is 10.2. The molecule has 0 aliphatic carbocycles. The van der Waals surface area contributed by atoms with Gasteiger partial charge >= 0.3 is 0 Å². The normalized spacial score (nSPS) is 11.0. The van der Waals surface area contributed by atoms with Gasteiger partial charge in [-0.25, -0.2) is 4.98 Å². The van der Waals surface area contributed by atoms with E-state index < -0.39 is 0 Å². The summed E-state index contributed by atoms with van der Waals surface area (Å²) in [6.45, 7) is 0. The molecule has 0 aliphatic heterocycles. The van der Waals surface area contributed by atoms with Crippen molar-refractivity contribution in [2.75, 3.05) is 5.43 Å². The van der Waals surface area contributed by atoms with Crippen LogP contribution in [0.2, 0.25) is 5.02 Å². The Bertz CT molecular complexity index is 802. The van der Waals surface area contributed by atoms with Gasteiger partial charge in [0.1, 0.15) is 0 Å². The van der Waals surface area contributed by atoms with Gasteiger partial charge in [0.25, 0.3) is 0 Å². The average molecular weight is 440 g/mol. The van der Waals surface area contributed by atoms with Crippen molar-refractivity contribution in [3.8, 4) is 11.3 Å². The van der Waals surface area contributed by atoms with Crippen molar-refractivity contribution >= 4 is 56.9 Å². The van der Waals surface area contributed by atoms with Crippen molar-refractivity contribution < 1.29 is 0 Å². The summed E-state index contributed by atoms with van der Waals surface area (Å²) in [6, 6.07) is 15.9. The quantitative estimate of drug-likeness (QED) is 0.330. The molecule has 0 radical (unpaired) electrons. The van der Waals surface area contributed by atoms with E-state index in [0.29, 0.717) is 0 Å². The van der Waals surface area contributed by atoms with Crippen LogP contribution in [0.3, 0.4) is 0 Å². The van der Waals surface area contributed by atoms with Gasteiger partial charge in [0.05, 0.1) is 16.9 Å². The van der Waals surface area contributed by atoms with E-state index in [0.717, 1.165) is 30.5 Å². The highest BCUT2D eigenvalue weighted by Gasteiger charge is 2.03. The van der Waals surface area contributed by atoms with E-state index in [1.807, 2.05) is 53.9 Å². The third kappa shape index (κ3) is 3.85. The summed E-state index contributed by atoms with van der Waals surface area (Å²) in [5.41, 5.74) is 5.93. The number of thiazole rings is 1. The Balaban J connectivity index is 1.68. The summed E-state index contributed by atoms with van der Waals surface area (Å²) in [5.74, 6) is 0. The molecule has 0 saturated carbocycles. The molecule has 0 bridgehead atoms. The Morgan fingerprint density at radius 1 is 1.18 bits per heavy atom. The third-order valence-electron chi connectivity index (χ3n) is 2.89. The van der Waals surface area contributed by atoms with Crippen LogP contribution in [-0.2, 0) is 0 Å². The molecule has 0 spiro atoms. The van der Waals surface area contributed by atoms with Crippen molar-refractivity contribution in [1.29, 1.82) is 0 Å². The SMILES string of the molecule is Clc1cc(C=NNc2nc(-c3ccccc3)cs2)ccc1I. The van der Waals surface area contributed by atoms with Crippen LogP contribution < -0.4 is 5.43 Å². The fourth-order valence-corrected chi connectivity index (χ4v) is 3.01. The summed E-state index contributed by atoms with van der Waals surface area (Å²) in [7, 11) is 0. The smallest absolute Gasteiger partial charge is 0.203 e. The number of aromatic nitrogens is 1. The Labute approximate surface area is 151 Å². The molecule has 22 heavy (non-hydrogen) atoms. The molecule has 0 fully saturated rings. The molecule has 3 aromatic rings. The van der Waals surface area contributed by atoms with E-state index in [1.54, 1.807) is 6.21 Å². The lowest BCUT2D eigenvalue weighted by Gasteiger charge is -1.98. The minimum atomic E-state index is 0.727. The second-order valence-corrected chi connectivity index (χ2v) is 6.87. The van der Waals surface area contributed by atoms with Gasteiger partial charge in [-0.1, -0.05) is 48.0 Å². The topological polar surface area (TPSA) is 37.3 Å². The van der Waals surface area contributed by atoms with Crippen molar-refractivity contribution in [2.45, 2.75) is 0 Å². The molecular formula is C16H11ClIN3S. The first-order valence-corrected chi connectivity index (χ1v) is 8.81. The number of nitrogens with zero attached hydrogens (tertiary/aromatic N) is 2. The number of rotatable bonds is 4. The Hall–Kier alpha value is -1.44. The molecule has 1 N–H and O–H groups in total. The predicted molar refractivity (Wildman–Crippen MR) is 103 cm³/mol. The molecule has 1 aromatic heterocycles. The fraction of sp³-hybridized carbons (Fsp3) is 0. The highest BCUT2D eigenvalue weighted by Crippen LogP contribution is 2.24. The first-order valence-electron chi connectivity index (χ1n) is 6.47. The number of hydrogen-bond donors (Lipinski definition) is 1. The Morgan fingerprint density at radius 3 is 2.77 bits per heavy atom. The third-order valence-corrected chi connectivity index (χ3v) is 5.21. The van der Waals surface area contributed by atoms with Gasteiger partial charge in [0.2, 0.25) is 5.13 Å². The fourth-order valence-electron chi connectivity index (χ4n) is 1.82. The lowest BCUT2D eigenvalue weighted by Crippen LogP contribution is -1.90. The number of benzene rings is 2. The highest BCUT2D eigenvalue weighted by atomic mass is 127. The number of hydrazone groups is 1. The van der Waals surface area contributed by atoms with Crippen molar-refractivity contribution in [3.05, 3.63) is 68.1 Å². The summed E-state index contributed by atoms with van der Waals surface area (Å²) in [5, 5.41) is 7.69. The minimum Gasteiger partial charge on any atom is -0.253 e. The summed E-state index contributed by atoms with van der Waals surface area (Å²) in [6.07, 6.45) is 1.73. The number of anilines is 1. The van der Waals surface area contributed by atoms with Gasteiger partial charge < -0.3 is 0 Å². The van der Waals surface area contributed by atoms with E-state index in [1.165, 1.54) is 11.3 Å². The van der Waals surface area contributed by atoms with Crippen LogP contribution in [0.5, 0.6) is 0 Å². The molecule has 110 valence electrons. The van der Waals surface area contributed by atoms with Crippen LogP contribution in [0, 0.1) is 3.57 Å². The van der Waals surface area contributed by atoms with Crippen LogP contribution in [0.15, 0.2) is 59.0 Å². The minimum absolute atomic E-state index is 0.727. The van der Waals surface area contributed by atoms with E-state index in [2.05, 4.69) is 38.1 Å². The zero-order valence-corrected chi connectivity index (χ0v) is 15.1. The summed E-state index contributed by atoms with van der Waals surface area (Å²) in [4.78, 5) is 4.51. The van der Waals surface area contributed by atoms with E-state index in [4.69, 9.17) is 11.6 Å². The van der Waals surface area contributed by atoms with Gasteiger partial charge in [-0.15, -0.1) is 11.3 Å². The van der Waals surface area contributed by atoms with Crippen LogP contribution in [-0.4, -0.2) is 11.2 Å². The average Bonchev–Trinajstić information content (AvgIpc) is 3.01. The predicted octanol–water partition coefficient (Wildman–Crippen LogP) is 5.51. The Morgan fingerprint density at radius 2 is 2.00 bits per heavy atom. The van der Waals surface area contributed by atoms with Gasteiger partial charge in [-0.2, -0.15) is 5.10 Å². The van der Waals surface area contributed by atoms with Gasteiger partial charge in [-0.05, 0) is 40.3 Å². The molecule has 1 heterocycles. The molecule has 0 saturated heterocycles. The van der Waals surface area contributed by atoms with Crippen molar-refractivity contribution in [1.82, 2.24) is 4.98 Å². The van der Waals surface area contributed by atoms with Crippen LogP contribution in [0.4, 0.5) is 5.13 Å². The zero-order chi connectivity index (χ0) is 15.4. The maximum atomic E-state index is 6.08. The van der Waals surface area contributed by atoms with Crippen LogP contribution in [0.25, 0.3) is 11.3 Å². The summed E-state index contributed by atoms with van der Waals surface area (Å²) >= 11 is 9.80. The molecule has 6 heteroatoms. The maximum absolute atomic E-state index is 6.08. The zero-order valence-electron chi connectivity index (χ0n) is 11.3. The molecular weight excluding hydrogens is 429 g/mol. The van der Waals surface area contributed by atoms with E-state index in [9.17, 15) is 0 Å². The number of halogens is 2. The number of nitrogens with one attached hydrogen (secondary N) is 1. The first-order chi connectivity index (χ1) is 10.7. The number of hydrogen-bond acceptors (Lipinski definition) is 4. The molecule has 3 nitrogen and oxygen atoms in total. The second-order valence-electron chi connectivity index (χ2n) is 4.45. The molecule has 0 amide bonds. The second kappa shape index (κ2) is 7.21. The van der Waals surface area contributed by atoms with Gasteiger partial charge in [0.15, 0.2) is 0 Å². The standard InChI is InChI=1S/C16H11ClIN3S/c17-13-8-11(6-7-14(13)18)9-19-21-16-20-15(10-22-16)12-4-2-1-3-5-12/h1-10H,(H,20,21). The van der Waals surface area contributed by atoms with Crippen molar-refractivity contribution in [2.24, 2.45) is 5.10 Å². The molecule has 2 aromatic carbocycles. The molecule has 3 rings (SSSR count).